The van der Waals surface area contributed by atoms with Crippen LogP contribution in [0.1, 0.15) is 25.8 Å². The summed E-state index contributed by atoms with van der Waals surface area (Å²) in [5, 5.41) is 6.45. The molecule has 0 aromatic heterocycles. The van der Waals surface area contributed by atoms with Crippen LogP contribution in [0.2, 0.25) is 0 Å². The van der Waals surface area contributed by atoms with Gasteiger partial charge < -0.3 is 15.4 Å². The standard InChI is InChI=1S/C24H32N4O3/c1-4-25-24(27-14-16(3)31-19-9-5-15(2)6-10-19)26-11-12-28-22(29)20-17-7-8-18(13-17)21(20)23(28)30/h5-10,16-18,20-21H,4,11-14H2,1-3H3,(H2,25,26,27). The summed E-state index contributed by atoms with van der Waals surface area (Å²) in [6.07, 6.45) is 5.12. The first-order valence-electron chi connectivity index (χ1n) is 11.3. The number of rotatable bonds is 8. The largest absolute Gasteiger partial charge is 0.489 e. The minimum Gasteiger partial charge on any atom is -0.489 e. The number of aryl methyl sites for hydroxylation is 1. The van der Waals surface area contributed by atoms with E-state index in [0.717, 1.165) is 18.7 Å². The van der Waals surface area contributed by atoms with E-state index in [2.05, 4.69) is 27.8 Å². The van der Waals surface area contributed by atoms with E-state index in [4.69, 9.17) is 4.74 Å². The quantitative estimate of drug-likeness (QED) is 0.289. The minimum absolute atomic E-state index is 0.00397. The molecule has 1 saturated heterocycles. The fourth-order valence-corrected chi connectivity index (χ4v) is 4.92. The number of hydrogen-bond donors (Lipinski definition) is 2. The van der Waals surface area contributed by atoms with E-state index in [1.54, 1.807) is 0 Å². The van der Waals surface area contributed by atoms with Gasteiger partial charge in [0.05, 0.1) is 18.4 Å². The minimum atomic E-state index is -0.135. The van der Waals surface area contributed by atoms with E-state index in [1.807, 2.05) is 45.0 Å². The fourth-order valence-electron chi connectivity index (χ4n) is 4.92. The van der Waals surface area contributed by atoms with Gasteiger partial charge in [-0.1, -0.05) is 29.8 Å². The average Bonchev–Trinajstić information content (AvgIpc) is 3.43. The Kier molecular flexibility index (Phi) is 6.30. The second-order valence-corrected chi connectivity index (χ2v) is 8.72. The van der Waals surface area contributed by atoms with Gasteiger partial charge in [0.15, 0.2) is 5.96 Å². The highest BCUT2D eigenvalue weighted by Gasteiger charge is 2.58. The lowest BCUT2D eigenvalue weighted by atomic mass is 9.85. The number of aliphatic imine (C=N–C) groups is 1. The van der Waals surface area contributed by atoms with Gasteiger partial charge in [0.2, 0.25) is 11.8 Å². The fraction of sp³-hybridized carbons (Fsp3) is 0.542. The molecule has 1 aromatic carbocycles. The number of benzene rings is 1. The number of nitrogens with one attached hydrogen (secondary N) is 2. The molecule has 2 fully saturated rings. The number of carbonyl (C=O) groups is 2. The van der Waals surface area contributed by atoms with Gasteiger partial charge in [-0.05, 0) is 51.2 Å². The number of fused-ring (bicyclic) bond motifs is 5. The Labute approximate surface area is 183 Å². The normalized spacial score (nSPS) is 27.6. The van der Waals surface area contributed by atoms with Crippen LogP contribution in [-0.4, -0.2) is 55.0 Å². The molecule has 2 aliphatic carbocycles. The predicted octanol–water partition coefficient (Wildman–Crippen LogP) is 2.12. The third-order valence-corrected chi connectivity index (χ3v) is 6.40. The number of imide groups is 1. The second-order valence-electron chi connectivity index (χ2n) is 8.72. The molecule has 4 rings (SSSR count). The van der Waals surface area contributed by atoms with Crippen molar-refractivity contribution in [2.24, 2.45) is 28.7 Å². The van der Waals surface area contributed by atoms with Crippen LogP contribution in [0.25, 0.3) is 0 Å². The van der Waals surface area contributed by atoms with Crippen molar-refractivity contribution in [1.29, 1.82) is 0 Å². The number of ether oxygens (including phenoxy) is 1. The molecule has 1 aliphatic heterocycles. The van der Waals surface area contributed by atoms with Gasteiger partial charge in [-0.3, -0.25) is 14.5 Å². The molecule has 1 heterocycles. The van der Waals surface area contributed by atoms with Crippen LogP contribution in [0.4, 0.5) is 0 Å². The van der Waals surface area contributed by atoms with E-state index < -0.39 is 0 Å². The summed E-state index contributed by atoms with van der Waals surface area (Å²) >= 11 is 0. The van der Waals surface area contributed by atoms with Crippen LogP contribution >= 0.6 is 0 Å². The number of hydrogen-bond acceptors (Lipinski definition) is 4. The van der Waals surface area contributed by atoms with Crippen LogP contribution in [-0.2, 0) is 9.59 Å². The van der Waals surface area contributed by atoms with E-state index >= 15 is 0 Å². The summed E-state index contributed by atoms with van der Waals surface area (Å²) in [7, 11) is 0. The highest BCUT2D eigenvalue weighted by molar-refractivity contribution is 6.06. The molecule has 2 N–H and O–H groups in total. The highest BCUT2D eigenvalue weighted by atomic mass is 16.5. The predicted molar refractivity (Wildman–Crippen MR) is 120 cm³/mol. The smallest absolute Gasteiger partial charge is 0.233 e. The number of carbonyl (C=O) groups excluding carboxylic acids is 2. The zero-order valence-electron chi connectivity index (χ0n) is 18.5. The van der Waals surface area contributed by atoms with Crippen molar-refractivity contribution in [3.63, 3.8) is 0 Å². The Morgan fingerprint density at radius 1 is 1.13 bits per heavy atom. The molecule has 1 saturated carbocycles. The van der Waals surface area contributed by atoms with Gasteiger partial charge in [0, 0.05) is 19.6 Å². The summed E-state index contributed by atoms with van der Waals surface area (Å²) in [5.74, 6) is 1.70. The van der Waals surface area contributed by atoms with E-state index in [9.17, 15) is 9.59 Å². The first-order chi connectivity index (χ1) is 15.0. The lowest BCUT2D eigenvalue weighted by Crippen LogP contribution is -2.44. The monoisotopic (exact) mass is 424 g/mol. The van der Waals surface area contributed by atoms with Crippen molar-refractivity contribution in [3.05, 3.63) is 42.0 Å². The molecule has 0 spiro atoms. The third kappa shape index (κ3) is 4.45. The molecule has 1 aromatic rings. The zero-order valence-corrected chi connectivity index (χ0v) is 18.5. The number of nitrogens with zero attached hydrogens (tertiary/aromatic N) is 2. The summed E-state index contributed by atoms with van der Waals surface area (Å²) in [6.45, 7) is 8.07. The van der Waals surface area contributed by atoms with Gasteiger partial charge in [0.25, 0.3) is 0 Å². The second kappa shape index (κ2) is 9.12. The summed E-state index contributed by atoms with van der Waals surface area (Å²) < 4.78 is 5.91. The maximum absolute atomic E-state index is 12.8. The van der Waals surface area contributed by atoms with Crippen LogP contribution in [0.15, 0.2) is 41.4 Å². The zero-order chi connectivity index (χ0) is 22.0. The van der Waals surface area contributed by atoms with Crippen LogP contribution in [0, 0.1) is 30.6 Å². The molecular formula is C24H32N4O3. The molecule has 2 amide bonds. The maximum Gasteiger partial charge on any atom is 0.233 e. The number of likely N-dealkylation sites (tertiary alicyclic amines) is 1. The molecule has 0 radical (unpaired) electrons. The molecule has 7 nitrogen and oxygen atoms in total. The molecule has 7 heteroatoms. The number of guanidine groups is 1. The first kappa shape index (κ1) is 21.4. The Morgan fingerprint density at radius 2 is 1.77 bits per heavy atom. The van der Waals surface area contributed by atoms with E-state index in [0.29, 0.717) is 25.6 Å². The van der Waals surface area contributed by atoms with Crippen LogP contribution in [0.5, 0.6) is 5.75 Å². The third-order valence-electron chi connectivity index (χ3n) is 6.40. The average molecular weight is 425 g/mol. The SMILES string of the molecule is CCNC(=NCC(C)Oc1ccc(C)cc1)NCCN1C(=O)C2C3C=CC(C3)C2C1=O. The molecule has 5 unspecified atom stereocenters. The number of allylic oxidation sites excluding steroid dienone is 2. The molecule has 2 bridgehead atoms. The van der Waals surface area contributed by atoms with Gasteiger partial charge in [-0.2, -0.15) is 0 Å². The molecule has 3 aliphatic rings. The van der Waals surface area contributed by atoms with Crippen molar-refractivity contribution in [2.75, 3.05) is 26.2 Å². The first-order valence-corrected chi connectivity index (χ1v) is 11.3. The lowest BCUT2D eigenvalue weighted by molar-refractivity contribution is -0.140. The molecule has 31 heavy (non-hydrogen) atoms. The Bertz CT molecular complexity index is 849. The van der Waals surface area contributed by atoms with Crippen molar-refractivity contribution in [3.8, 4) is 5.75 Å². The highest BCUT2D eigenvalue weighted by Crippen LogP contribution is 2.52. The summed E-state index contributed by atoms with van der Waals surface area (Å²) in [6, 6.07) is 7.96. The van der Waals surface area contributed by atoms with Gasteiger partial charge >= 0.3 is 0 Å². The molecule has 5 atom stereocenters. The van der Waals surface area contributed by atoms with Gasteiger partial charge in [0.1, 0.15) is 11.9 Å². The maximum atomic E-state index is 12.8. The molecular weight excluding hydrogens is 392 g/mol. The topological polar surface area (TPSA) is 83.0 Å². The van der Waals surface area contributed by atoms with Crippen molar-refractivity contribution < 1.29 is 14.3 Å². The summed E-state index contributed by atoms with van der Waals surface area (Å²) in [4.78, 5) is 31.6. The Hall–Kier alpha value is -2.83. The number of amides is 2. The summed E-state index contributed by atoms with van der Waals surface area (Å²) in [5.41, 5.74) is 1.19. The van der Waals surface area contributed by atoms with Crippen LogP contribution in [0.3, 0.4) is 0 Å². The van der Waals surface area contributed by atoms with Gasteiger partial charge in [-0.15, -0.1) is 0 Å². The van der Waals surface area contributed by atoms with Crippen molar-refractivity contribution in [2.45, 2.75) is 33.3 Å². The lowest BCUT2D eigenvalue weighted by Gasteiger charge is -2.19. The van der Waals surface area contributed by atoms with Gasteiger partial charge in [-0.25, -0.2) is 4.99 Å². The van der Waals surface area contributed by atoms with Crippen molar-refractivity contribution in [1.82, 2.24) is 15.5 Å². The Balaban J connectivity index is 1.27. The Morgan fingerprint density at radius 3 is 2.39 bits per heavy atom. The van der Waals surface area contributed by atoms with Crippen molar-refractivity contribution >= 4 is 17.8 Å². The van der Waals surface area contributed by atoms with E-state index in [1.165, 1.54) is 10.5 Å². The van der Waals surface area contributed by atoms with Crippen LogP contribution < -0.4 is 15.4 Å². The molecule has 166 valence electrons. The van der Waals surface area contributed by atoms with E-state index in [-0.39, 0.29) is 41.6 Å².